The first kappa shape index (κ1) is 27.6. The molecule has 8 heteroatoms. The summed E-state index contributed by atoms with van der Waals surface area (Å²) in [5.41, 5.74) is 8.51. The molecule has 0 aromatic heterocycles. The standard InChI is InChI=1S/C33H42N4O4/c34-33-35-27-16-15-26(41-25-12-5-2-6-13-25)19-24(27)21-36(33)28(22-9-3-1-4-10-22)17-18-31(38)37-29-14-8-7-11-23(29)20-30(37)32(39)40/h2,5-6,12-13,15-16,19,22-23,28-30H,1,3-4,7-11,14,17-18,20-21H2,(H2,34,35)(H,39,40)/t23?,28-,29?,30-/m0/s1. The molecule has 3 fully saturated rings. The summed E-state index contributed by atoms with van der Waals surface area (Å²) < 4.78 is 6.10. The van der Waals surface area contributed by atoms with Crippen molar-refractivity contribution in [1.29, 1.82) is 0 Å². The number of carbonyl (C=O) groups is 2. The van der Waals surface area contributed by atoms with E-state index >= 15 is 0 Å². The molecule has 4 atom stereocenters. The highest BCUT2D eigenvalue weighted by Crippen LogP contribution is 2.41. The van der Waals surface area contributed by atoms with Crippen LogP contribution in [0.5, 0.6) is 11.5 Å². The number of hydrogen-bond acceptors (Lipinski definition) is 6. The summed E-state index contributed by atoms with van der Waals surface area (Å²) in [6, 6.07) is 15.1. The number of aliphatic imine (C=N–C) groups is 1. The van der Waals surface area contributed by atoms with Crippen LogP contribution in [0.4, 0.5) is 5.69 Å². The molecule has 2 aliphatic heterocycles. The summed E-state index contributed by atoms with van der Waals surface area (Å²) in [6.45, 7) is 0.609. The SMILES string of the molecule is NC1=Nc2ccc(Oc3ccccc3)cc2CN1[C@@H](CCC(=O)N1C2CCCCC2C[C@H]1C(=O)O)C1CCCCC1. The predicted molar refractivity (Wildman–Crippen MR) is 158 cm³/mol. The lowest BCUT2D eigenvalue weighted by Crippen LogP contribution is -2.50. The van der Waals surface area contributed by atoms with Crippen LogP contribution in [0.1, 0.15) is 82.6 Å². The van der Waals surface area contributed by atoms with Crippen LogP contribution in [0.25, 0.3) is 0 Å². The Balaban J connectivity index is 1.21. The Bertz CT molecular complexity index is 1280. The van der Waals surface area contributed by atoms with E-state index in [0.29, 0.717) is 43.6 Å². The number of guanidine groups is 1. The normalized spacial score (nSPS) is 25.2. The molecule has 2 aromatic carbocycles. The minimum Gasteiger partial charge on any atom is -0.480 e. The molecular formula is C33H42N4O4. The van der Waals surface area contributed by atoms with Crippen molar-refractivity contribution in [1.82, 2.24) is 9.80 Å². The van der Waals surface area contributed by atoms with Crippen LogP contribution in [0.3, 0.4) is 0 Å². The third-order valence-electron chi connectivity index (χ3n) is 9.81. The number of amides is 1. The van der Waals surface area contributed by atoms with E-state index in [4.69, 9.17) is 15.5 Å². The maximum absolute atomic E-state index is 13.7. The van der Waals surface area contributed by atoms with Crippen molar-refractivity contribution in [3.63, 3.8) is 0 Å². The monoisotopic (exact) mass is 558 g/mol. The zero-order valence-electron chi connectivity index (χ0n) is 23.8. The van der Waals surface area contributed by atoms with Crippen LogP contribution in [0.2, 0.25) is 0 Å². The van der Waals surface area contributed by atoms with E-state index in [1.54, 1.807) is 4.90 Å². The summed E-state index contributed by atoms with van der Waals surface area (Å²) in [6.07, 6.45) is 11.5. The lowest BCUT2D eigenvalue weighted by molar-refractivity contribution is -0.150. The first-order valence-electron chi connectivity index (χ1n) is 15.5. The average Bonchev–Trinajstić information content (AvgIpc) is 3.39. The van der Waals surface area contributed by atoms with Crippen LogP contribution < -0.4 is 10.5 Å². The first-order chi connectivity index (χ1) is 20.0. The second-order valence-electron chi connectivity index (χ2n) is 12.3. The zero-order chi connectivity index (χ0) is 28.3. The number of carboxylic acid groups (broad SMARTS) is 1. The van der Waals surface area contributed by atoms with Crippen LogP contribution in [-0.4, -0.2) is 50.9 Å². The molecule has 0 bridgehead atoms. The molecule has 218 valence electrons. The van der Waals surface area contributed by atoms with Crippen LogP contribution in [-0.2, 0) is 16.1 Å². The molecule has 4 aliphatic rings. The minimum atomic E-state index is -0.867. The highest BCUT2D eigenvalue weighted by molar-refractivity contribution is 5.86. The molecule has 2 aliphatic carbocycles. The number of carbonyl (C=O) groups excluding carboxylic acids is 1. The Morgan fingerprint density at radius 3 is 2.51 bits per heavy atom. The fourth-order valence-corrected chi connectivity index (χ4v) is 7.83. The molecule has 1 saturated heterocycles. The lowest BCUT2D eigenvalue weighted by Gasteiger charge is -2.41. The van der Waals surface area contributed by atoms with Crippen molar-refractivity contribution in [2.75, 3.05) is 0 Å². The van der Waals surface area contributed by atoms with Crippen LogP contribution in [0, 0.1) is 11.8 Å². The predicted octanol–water partition coefficient (Wildman–Crippen LogP) is 6.21. The van der Waals surface area contributed by atoms with Crippen molar-refractivity contribution in [3.05, 3.63) is 54.1 Å². The fraction of sp³-hybridized carbons (Fsp3) is 0.545. The van der Waals surface area contributed by atoms with Gasteiger partial charge in [-0.25, -0.2) is 9.79 Å². The third kappa shape index (κ3) is 5.92. The molecule has 0 radical (unpaired) electrons. The minimum absolute atomic E-state index is 0.0147. The van der Waals surface area contributed by atoms with Gasteiger partial charge in [-0.1, -0.05) is 50.3 Å². The van der Waals surface area contributed by atoms with Crippen LogP contribution in [0.15, 0.2) is 53.5 Å². The third-order valence-corrected chi connectivity index (χ3v) is 9.81. The number of fused-ring (bicyclic) bond motifs is 2. The quantitative estimate of drug-likeness (QED) is 0.399. The molecule has 41 heavy (non-hydrogen) atoms. The summed E-state index contributed by atoms with van der Waals surface area (Å²) in [5.74, 6) is 1.89. The number of likely N-dealkylation sites (tertiary alicyclic amines) is 1. The molecule has 1 amide bonds. The Morgan fingerprint density at radius 2 is 1.73 bits per heavy atom. The number of ether oxygens (including phenoxy) is 1. The molecule has 2 saturated carbocycles. The number of aliphatic carboxylic acids is 1. The van der Waals surface area contributed by atoms with Crippen molar-refractivity contribution < 1.29 is 19.4 Å². The lowest BCUT2D eigenvalue weighted by atomic mass is 9.81. The van der Waals surface area contributed by atoms with Gasteiger partial charge in [-0.3, -0.25) is 4.79 Å². The van der Waals surface area contributed by atoms with Crippen molar-refractivity contribution >= 4 is 23.5 Å². The van der Waals surface area contributed by atoms with Gasteiger partial charge in [0, 0.05) is 30.6 Å². The Hall–Kier alpha value is -3.55. The van der Waals surface area contributed by atoms with Crippen molar-refractivity contribution in [2.24, 2.45) is 22.6 Å². The second-order valence-corrected chi connectivity index (χ2v) is 12.3. The van der Waals surface area contributed by atoms with Gasteiger partial charge in [0.1, 0.15) is 17.5 Å². The van der Waals surface area contributed by atoms with Gasteiger partial charge in [0.25, 0.3) is 0 Å². The molecular weight excluding hydrogens is 516 g/mol. The Morgan fingerprint density at radius 1 is 0.976 bits per heavy atom. The van der Waals surface area contributed by atoms with E-state index in [1.807, 2.05) is 48.5 Å². The molecule has 6 rings (SSSR count). The Kier molecular flexibility index (Phi) is 8.17. The van der Waals surface area contributed by atoms with Gasteiger partial charge in [0.05, 0.1) is 5.69 Å². The van der Waals surface area contributed by atoms with Gasteiger partial charge >= 0.3 is 5.97 Å². The largest absolute Gasteiger partial charge is 0.480 e. The van der Waals surface area contributed by atoms with Crippen molar-refractivity contribution in [3.8, 4) is 11.5 Å². The number of nitrogens with two attached hydrogens (primary N) is 1. The smallest absolute Gasteiger partial charge is 0.326 e. The van der Waals surface area contributed by atoms with E-state index in [1.165, 1.54) is 19.3 Å². The second kappa shape index (κ2) is 12.1. The summed E-state index contributed by atoms with van der Waals surface area (Å²) in [7, 11) is 0. The van der Waals surface area contributed by atoms with Gasteiger partial charge in [0.15, 0.2) is 5.96 Å². The highest BCUT2D eigenvalue weighted by Gasteiger charge is 2.47. The maximum Gasteiger partial charge on any atom is 0.326 e. The van der Waals surface area contributed by atoms with Gasteiger partial charge in [-0.2, -0.15) is 0 Å². The van der Waals surface area contributed by atoms with Gasteiger partial charge < -0.3 is 25.4 Å². The van der Waals surface area contributed by atoms with E-state index in [9.17, 15) is 14.7 Å². The average molecular weight is 559 g/mol. The Labute approximate surface area is 242 Å². The molecule has 2 aromatic rings. The van der Waals surface area contributed by atoms with E-state index in [-0.39, 0.29) is 18.0 Å². The number of rotatable bonds is 8. The molecule has 8 nitrogen and oxygen atoms in total. The summed E-state index contributed by atoms with van der Waals surface area (Å²) in [5, 5.41) is 9.96. The number of hydrogen-bond donors (Lipinski definition) is 2. The van der Waals surface area contributed by atoms with Crippen molar-refractivity contribution in [2.45, 2.75) is 102 Å². The van der Waals surface area contributed by atoms with Gasteiger partial charge in [0.2, 0.25) is 5.91 Å². The molecule has 2 unspecified atom stereocenters. The number of benzene rings is 2. The van der Waals surface area contributed by atoms with E-state index in [0.717, 1.165) is 61.3 Å². The maximum atomic E-state index is 13.7. The molecule has 2 heterocycles. The number of carboxylic acids is 1. The summed E-state index contributed by atoms with van der Waals surface area (Å²) in [4.78, 5) is 34.6. The highest BCUT2D eigenvalue weighted by atomic mass is 16.5. The van der Waals surface area contributed by atoms with E-state index in [2.05, 4.69) is 4.90 Å². The zero-order valence-corrected chi connectivity index (χ0v) is 23.8. The number of para-hydroxylation sites is 1. The fourth-order valence-electron chi connectivity index (χ4n) is 7.83. The summed E-state index contributed by atoms with van der Waals surface area (Å²) >= 11 is 0. The molecule has 3 N–H and O–H groups in total. The van der Waals surface area contributed by atoms with Gasteiger partial charge in [-0.05, 0) is 80.7 Å². The molecule has 0 spiro atoms. The van der Waals surface area contributed by atoms with E-state index < -0.39 is 12.0 Å². The van der Waals surface area contributed by atoms with Crippen LogP contribution >= 0.6 is 0 Å². The van der Waals surface area contributed by atoms with Gasteiger partial charge in [-0.15, -0.1) is 0 Å². The topological polar surface area (TPSA) is 108 Å². The number of nitrogens with zero attached hydrogens (tertiary/aromatic N) is 3. The first-order valence-corrected chi connectivity index (χ1v) is 15.5.